The molecule has 3 atom stereocenters. The molecule has 1 N–H and O–H groups in total. The maximum absolute atomic E-state index is 13.4. The molecule has 4 rings (SSSR count). The van der Waals surface area contributed by atoms with Crippen LogP contribution >= 0.6 is 11.6 Å². The highest BCUT2D eigenvalue weighted by Crippen LogP contribution is 2.40. The minimum atomic E-state index is -0.480. The summed E-state index contributed by atoms with van der Waals surface area (Å²) in [6, 6.07) is 6.56. The van der Waals surface area contributed by atoms with E-state index in [4.69, 9.17) is 11.6 Å². The third kappa shape index (κ3) is 4.48. The Hall–Kier alpha value is -2.08. The number of halogens is 1. The number of hydrogen-bond acceptors (Lipinski definition) is 3. The van der Waals surface area contributed by atoms with Crippen LogP contribution < -0.4 is 5.32 Å². The standard InChI is InChI=1S/C23H30ClN3O3/c24-18-8-5-7-17(14-18)23(30)27-19-9-2-1-6-16(19)15-20(27)22(29)25-11-10-21(28)26-12-3-4-13-26/h5,7-8,14,16,19-20H,1-4,6,9-13,15H2,(H,25,29)/t16-,19-,20-/m0/s1. The number of fused-ring (bicyclic) bond motifs is 1. The minimum absolute atomic E-state index is 0.0970. The molecule has 0 radical (unpaired) electrons. The number of carbonyl (C=O) groups excluding carboxylic acids is 3. The van der Waals surface area contributed by atoms with Crippen molar-refractivity contribution in [3.63, 3.8) is 0 Å². The first-order valence-corrected chi connectivity index (χ1v) is 11.6. The molecular weight excluding hydrogens is 402 g/mol. The molecule has 0 aromatic heterocycles. The van der Waals surface area contributed by atoms with E-state index in [0.29, 0.717) is 35.9 Å². The van der Waals surface area contributed by atoms with Crippen LogP contribution in [0, 0.1) is 5.92 Å². The third-order valence-electron chi connectivity index (χ3n) is 6.79. The molecule has 3 amide bonds. The molecule has 1 aromatic rings. The summed E-state index contributed by atoms with van der Waals surface area (Å²) in [4.78, 5) is 42.3. The number of rotatable bonds is 5. The Morgan fingerprint density at radius 3 is 2.60 bits per heavy atom. The van der Waals surface area contributed by atoms with Crippen molar-refractivity contribution in [1.82, 2.24) is 15.1 Å². The van der Waals surface area contributed by atoms with Gasteiger partial charge in [-0.3, -0.25) is 14.4 Å². The van der Waals surface area contributed by atoms with Gasteiger partial charge >= 0.3 is 0 Å². The summed E-state index contributed by atoms with van der Waals surface area (Å²) in [5, 5.41) is 3.45. The number of hydrogen-bond donors (Lipinski definition) is 1. The SMILES string of the molecule is O=C(NCCC(=O)N1CCCC1)[C@@H]1C[C@@H]2CCCC[C@@H]2N1C(=O)c1cccc(Cl)c1. The van der Waals surface area contributed by atoms with Gasteiger partial charge in [0.1, 0.15) is 6.04 Å². The van der Waals surface area contributed by atoms with Crippen molar-refractivity contribution < 1.29 is 14.4 Å². The van der Waals surface area contributed by atoms with E-state index in [-0.39, 0.29) is 23.8 Å². The molecule has 2 heterocycles. The molecule has 1 aliphatic carbocycles. The monoisotopic (exact) mass is 431 g/mol. The zero-order valence-corrected chi connectivity index (χ0v) is 18.1. The Kier molecular flexibility index (Phi) is 6.61. The van der Waals surface area contributed by atoms with Gasteiger partial charge in [0.05, 0.1) is 0 Å². The Bertz CT molecular complexity index is 809. The molecule has 1 aromatic carbocycles. The maximum atomic E-state index is 13.4. The number of nitrogens with zero attached hydrogens (tertiary/aromatic N) is 2. The normalized spacial score (nSPS) is 25.8. The number of amides is 3. The van der Waals surface area contributed by atoms with Crippen molar-refractivity contribution in [3.8, 4) is 0 Å². The zero-order chi connectivity index (χ0) is 21.1. The van der Waals surface area contributed by atoms with Crippen LogP contribution in [-0.2, 0) is 9.59 Å². The van der Waals surface area contributed by atoms with Crippen LogP contribution in [0.4, 0.5) is 0 Å². The smallest absolute Gasteiger partial charge is 0.254 e. The van der Waals surface area contributed by atoms with Crippen molar-refractivity contribution in [2.45, 2.75) is 63.5 Å². The molecular formula is C23H30ClN3O3. The maximum Gasteiger partial charge on any atom is 0.254 e. The van der Waals surface area contributed by atoms with Crippen LogP contribution in [0.2, 0.25) is 5.02 Å². The van der Waals surface area contributed by atoms with Gasteiger partial charge in [0.2, 0.25) is 11.8 Å². The van der Waals surface area contributed by atoms with Gasteiger partial charge < -0.3 is 15.1 Å². The molecule has 2 saturated heterocycles. The van der Waals surface area contributed by atoms with Crippen molar-refractivity contribution >= 4 is 29.3 Å². The molecule has 6 nitrogen and oxygen atoms in total. The fourth-order valence-electron chi connectivity index (χ4n) is 5.29. The first-order valence-electron chi connectivity index (χ1n) is 11.2. The fourth-order valence-corrected chi connectivity index (χ4v) is 5.48. The van der Waals surface area contributed by atoms with E-state index in [0.717, 1.165) is 51.6 Å². The van der Waals surface area contributed by atoms with Crippen LogP contribution in [0.15, 0.2) is 24.3 Å². The van der Waals surface area contributed by atoms with E-state index in [1.54, 1.807) is 29.2 Å². The lowest BCUT2D eigenvalue weighted by Crippen LogP contribution is -2.50. The highest BCUT2D eigenvalue weighted by Gasteiger charge is 2.47. The lowest BCUT2D eigenvalue weighted by Gasteiger charge is -2.33. The summed E-state index contributed by atoms with van der Waals surface area (Å²) < 4.78 is 0. The van der Waals surface area contributed by atoms with Crippen LogP contribution in [-0.4, -0.2) is 59.2 Å². The first-order chi connectivity index (χ1) is 14.5. The lowest BCUT2D eigenvalue weighted by molar-refractivity contribution is -0.130. The summed E-state index contributed by atoms with van der Waals surface area (Å²) in [6.07, 6.45) is 7.36. The molecule has 7 heteroatoms. The predicted molar refractivity (Wildman–Crippen MR) is 115 cm³/mol. The number of carbonyl (C=O) groups is 3. The van der Waals surface area contributed by atoms with E-state index < -0.39 is 6.04 Å². The molecule has 3 fully saturated rings. The summed E-state index contributed by atoms with van der Waals surface area (Å²) in [7, 11) is 0. The van der Waals surface area contributed by atoms with Crippen molar-refractivity contribution in [3.05, 3.63) is 34.9 Å². The van der Waals surface area contributed by atoms with Gasteiger partial charge in [0, 0.05) is 42.7 Å². The Morgan fingerprint density at radius 1 is 1.07 bits per heavy atom. The van der Waals surface area contributed by atoms with Gasteiger partial charge in [-0.25, -0.2) is 0 Å². The summed E-state index contributed by atoms with van der Waals surface area (Å²) in [6.45, 7) is 1.96. The van der Waals surface area contributed by atoms with Gasteiger partial charge in [0.15, 0.2) is 0 Å². The third-order valence-corrected chi connectivity index (χ3v) is 7.03. The van der Waals surface area contributed by atoms with Gasteiger partial charge in [-0.05, 0) is 56.2 Å². The van der Waals surface area contributed by atoms with E-state index in [1.165, 1.54) is 0 Å². The van der Waals surface area contributed by atoms with E-state index in [1.807, 2.05) is 4.90 Å². The molecule has 30 heavy (non-hydrogen) atoms. The summed E-state index contributed by atoms with van der Waals surface area (Å²) in [5.74, 6) is 0.192. The largest absolute Gasteiger partial charge is 0.354 e. The van der Waals surface area contributed by atoms with E-state index in [9.17, 15) is 14.4 Å². The molecule has 162 valence electrons. The van der Waals surface area contributed by atoms with Gasteiger partial charge in [-0.1, -0.05) is 30.5 Å². The average Bonchev–Trinajstić information content (AvgIpc) is 3.41. The van der Waals surface area contributed by atoms with Gasteiger partial charge in [0.25, 0.3) is 5.91 Å². The molecule has 0 unspecified atom stereocenters. The molecule has 2 aliphatic heterocycles. The summed E-state index contributed by atoms with van der Waals surface area (Å²) >= 11 is 6.10. The van der Waals surface area contributed by atoms with Gasteiger partial charge in [-0.15, -0.1) is 0 Å². The van der Waals surface area contributed by atoms with Gasteiger partial charge in [-0.2, -0.15) is 0 Å². The second kappa shape index (κ2) is 9.38. The minimum Gasteiger partial charge on any atom is -0.354 e. The number of nitrogens with one attached hydrogen (secondary N) is 1. The zero-order valence-electron chi connectivity index (χ0n) is 17.3. The first kappa shape index (κ1) is 21.2. The van der Waals surface area contributed by atoms with E-state index >= 15 is 0 Å². The summed E-state index contributed by atoms with van der Waals surface area (Å²) in [5.41, 5.74) is 0.524. The average molecular weight is 432 g/mol. The number of likely N-dealkylation sites (tertiary alicyclic amines) is 2. The van der Waals surface area contributed by atoms with Crippen LogP contribution in [0.5, 0.6) is 0 Å². The lowest BCUT2D eigenvalue weighted by atomic mass is 9.84. The second-order valence-electron chi connectivity index (χ2n) is 8.72. The topological polar surface area (TPSA) is 69.7 Å². The fraction of sp³-hybridized carbons (Fsp3) is 0.609. The highest BCUT2D eigenvalue weighted by molar-refractivity contribution is 6.31. The van der Waals surface area contributed by atoms with Crippen molar-refractivity contribution in [2.75, 3.05) is 19.6 Å². The Morgan fingerprint density at radius 2 is 1.83 bits per heavy atom. The highest BCUT2D eigenvalue weighted by atomic mass is 35.5. The predicted octanol–water partition coefficient (Wildman–Crippen LogP) is 3.24. The van der Waals surface area contributed by atoms with Crippen LogP contribution in [0.25, 0.3) is 0 Å². The molecule has 0 spiro atoms. The molecule has 3 aliphatic rings. The molecule has 1 saturated carbocycles. The number of benzene rings is 1. The van der Waals surface area contributed by atoms with Crippen LogP contribution in [0.3, 0.4) is 0 Å². The van der Waals surface area contributed by atoms with Crippen molar-refractivity contribution in [2.24, 2.45) is 5.92 Å². The second-order valence-corrected chi connectivity index (χ2v) is 9.15. The van der Waals surface area contributed by atoms with Crippen molar-refractivity contribution in [1.29, 1.82) is 0 Å². The van der Waals surface area contributed by atoms with Crippen LogP contribution in [0.1, 0.15) is 61.7 Å². The molecule has 0 bridgehead atoms. The quantitative estimate of drug-likeness (QED) is 0.778. The Labute approximate surface area is 182 Å². The van der Waals surface area contributed by atoms with E-state index in [2.05, 4.69) is 5.32 Å². The Balaban J connectivity index is 1.43.